The minimum atomic E-state index is -0.277. The minimum absolute atomic E-state index is 0.0733. The number of halogens is 1. The van der Waals surface area contributed by atoms with Crippen LogP contribution in [0.15, 0.2) is 51.4 Å². The summed E-state index contributed by atoms with van der Waals surface area (Å²) in [6, 6.07) is 13.2. The number of benzene rings is 2. The summed E-state index contributed by atoms with van der Waals surface area (Å²) in [4.78, 5) is 12.3. The van der Waals surface area contributed by atoms with E-state index in [4.69, 9.17) is 4.42 Å². The van der Waals surface area contributed by atoms with E-state index in [2.05, 4.69) is 31.4 Å². The summed E-state index contributed by atoms with van der Waals surface area (Å²) in [5.74, 6) is 0.0725. The summed E-state index contributed by atoms with van der Waals surface area (Å²) in [5, 5.41) is 10.5. The Balaban J connectivity index is 1.80. The number of aryl methyl sites for hydroxylation is 2. The van der Waals surface area contributed by atoms with Crippen LogP contribution in [0, 0.1) is 13.8 Å². The number of hydrogen-bond acceptors (Lipinski definition) is 4. The summed E-state index contributed by atoms with van der Waals surface area (Å²) in [5.41, 5.74) is 3.38. The van der Waals surface area contributed by atoms with Crippen LogP contribution in [0.3, 0.4) is 0 Å². The molecule has 1 amide bonds. The van der Waals surface area contributed by atoms with E-state index in [9.17, 15) is 4.79 Å². The topological polar surface area (TPSA) is 68.0 Å². The van der Waals surface area contributed by atoms with Crippen LogP contribution < -0.4 is 5.32 Å². The minimum Gasteiger partial charge on any atom is -0.403 e. The largest absolute Gasteiger partial charge is 0.403 e. The Morgan fingerprint density at radius 1 is 1.09 bits per heavy atom. The Kier molecular flexibility index (Phi) is 4.25. The second-order valence-corrected chi connectivity index (χ2v) is 6.17. The number of anilines is 1. The van der Waals surface area contributed by atoms with Crippen molar-refractivity contribution in [3.63, 3.8) is 0 Å². The molecular weight excluding hydrogens is 358 g/mol. The average molecular weight is 372 g/mol. The molecule has 1 aromatic heterocycles. The number of rotatable bonds is 3. The van der Waals surface area contributed by atoms with Crippen molar-refractivity contribution in [3.8, 4) is 11.5 Å². The van der Waals surface area contributed by atoms with E-state index >= 15 is 0 Å². The maximum absolute atomic E-state index is 12.3. The molecule has 2 aromatic carbocycles. The van der Waals surface area contributed by atoms with Gasteiger partial charge in [0.25, 0.3) is 5.91 Å². The number of nitrogens with zero attached hydrogens (tertiary/aromatic N) is 2. The van der Waals surface area contributed by atoms with Gasteiger partial charge < -0.3 is 4.42 Å². The standard InChI is InChI=1S/C17H14BrN3O2/c1-10-6-11(2)8-13(7-10)15(22)19-17-21-20-16(23-17)12-4-3-5-14(18)9-12/h3-9H,1-2H3,(H,19,21,22). The van der Waals surface area contributed by atoms with Crippen LogP contribution in [-0.4, -0.2) is 16.1 Å². The fraction of sp³-hybridized carbons (Fsp3) is 0.118. The molecule has 1 heterocycles. The highest BCUT2D eigenvalue weighted by Crippen LogP contribution is 2.23. The molecule has 3 rings (SSSR count). The molecule has 0 atom stereocenters. The number of aromatic nitrogens is 2. The Morgan fingerprint density at radius 2 is 1.83 bits per heavy atom. The highest BCUT2D eigenvalue weighted by atomic mass is 79.9. The van der Waals surface area contributed by atoms with Crippen LogP contribution in [0.5, 0.6) is 0 Å². The van der Waals surface area contributed by atoms with Crippen LogP contribution in [0.1, 0.15) is 21.5 Å². The number of hydrogen-bond donors (Lipinski definition) is 1. The molecule has 0 aliphatic heterocycles. The van der Waals surface area contributed by atoms with Crippen molar-refractivity contribution in [2.45, 2.75) is 13.8 Å². The van der Waals surface area contributed by atoms with Gasteiger partial charge in [-0.15, -0.1) is 5.10 Å². The zero-order chi connectivity index (χ0) is 16.4. The lowest BCUT2D eigenvalue weighted by molar-refractivity contribution is 0.102. The van der Waals surface area contributed by atoms with Crippen LogP contribution in [0.25, 0.3) is 11.5 Å². The highest BCUT2D eigenvalue weighted by molar-refractivity contribution is 9.10. The SMILES string of the molecule is Cc1cc(C)cc(C(=O)Nc2nnc(-c3cccc(Br)c3)o2)c1. The van der Waals surface area contributed by atoms with E-state index in [1.54, 1.807) is 0 Å². The van der Waals surface area contributed by atoms with E-state index < -0.39 is 0 Å². The van der Waals surface area contributed by atoms with Crippen molar-refractivity contribution in [2.75, 3.05) is 5.32 Å². The number of carbonyl (C=O) groups excluding carboxylic acids is 1. The van der Waals surface area contributed by atoms with Gasteiger partial charge in [0.2, 0.25) is 5.89 Å². The van der Waals surface area contributed by atoms with E-state index in [1.807, 2.05) is 56.3 Å². The average Bonchev–Trinajstić information content (AvgIpc) is 2.95. The van der Waals surface area contributed by atoms with Crippen molar-refractivity contribution >= 4 is 27.9 Å². The first-order chi connectivity index (χ1) is 11.0. The van der Waals surface area contributed by atoms with Crippen molar-refractivity contribution in [1.82, 2.24) is 10.2 Å². The molecule has 0 radical (unpaired) electrons. The van der Waals surface area contributed by atoms with Crippen LogP contribution in [0.2, 0.25) is 0 Å². The third-order valence-corrected chi connectivity index (χ3v) is 3.69. The number of amides is 1. The monoisotopic (exact) mass is 371 g/mol. The molecule has 6 heteroatoms. The van der Waals surface area contributed by atoms with Gasteiger partial charge in [0.15, 0.2) is 0 Å². The molecule has 0 aliphatic rings. The van der Waals surface area contributed by atoms with Gasteiger partial charge >= 0.3 is 6.01 Å². The zero-order valence-electron chi connectivity index (χ0n) is 12.6. The van der Waals surface area contributed by atoms with Crippen LogP contribution in [-0.2, 0) is 0 Å². The van der Waals surface area contributed by atoms with Gasteiger partial charge in [0.05, 0.1) is 0 Å². The molecule has 0 saturated heterocycles. The first kappa shape index (κ1) is 15.4. The summed E-state index contributed by atoms with van der Waals surface area (Å²) in [6.45, 7) is 3.89. The van der Waals surface area contributed by atoms with Crippen molar-refractivity contribution in [3.05, 3.63) is 63.6 Å². The smallest absolute Gasteiger partial charge is 0.322 e. The Labute approximate surface area is 141 Å². The van der Waals surface area contributed by atoms with E-state index in [0.29, 0.717) is 11.5 Å². The van der Waals surface area contributed by atoms with Gasteiger partial charge in [-0.3, -0.25) is 10.1 Å². The second-order valence-electron chi connectivity index (χ2n) is 5.25. The Morgan fingerprint density at radius 3 is 2.52 bits per heavy atom. The van der Waals surface area contributed by atoms with E-state index in [-0.39, 0.29) is 11.9 Å². The van der Waals surface area contributed by atoms with Gasteiger partial charge in [-0.05, 0) is 44.2 Å². The first-order valence-electron chi connectivity index (χ1n) is 7.00. The fourth-order valence-electron chi connectivity index (χ4n) is 2.29. The lowest BCUT2D eigenvalue weighted by atomic mass is 10.1. The Bertz CT molecular complexity index is 854. The third kappa shape index (κ3) is 3.65. The highest BCUT2D eigenvalue weighted by Gasteiger charge is 2.13. The quantitative estimate of drug-likeness (QED) is 0.742. The lowest BCUT2D eigenvalue weighted by Gasteiger charge is -2.03. The molecule has 0 bridgehead atoms. The lowest BCUT2D eigenvalue weighted by Crippen LogP contribution is -2.12. The molecular formula is C17H14BrN3O2. The summed E-state index contributed by atoms with van der Waals surface area (Å²) in [6.07, 6.45) is 0. The van der Waals surface area contributed by atoms with E-state index in [1.165, 1.54) is 0 Å². The summed E-state index contributed by atoms with van der Waals surface area (Å²) < 4.78 is 6.41. The second kappa shape index (κ2) is 6.34. The van der Waals surface area contributed by atoms with Gasteiger partial charge in [0, 0.05) is 15.6 Å². The summed E-state index contributed by atoms with van der Waals surface area (Å²) in [7, 11) is 0. The van der Waals surface area contributed by atoms with Crippen molar-refractivity contribution in [2.24, 2.45) is 0 Å². The molecule has 0 spiro atoms. The third-order valence-electron chi connectivity index (χ3n) is 3.20. The molecule has 0 saturated carbocycles. The number of nitrogens with one attached hydrogen (secondary N) is 1. The molecule has 0 aliphatic carbocycles. The zero-order valence-corrected chi connectivity index (χ0v) is 14.2. The predicted octanol–water partition coefficient (Wildman–Crippen LogP) is 4.37. The molecule has 0 fully saturated rings. The maximum atomic E-state index is 12.3. The van der Waals surface area contributed by atoms with Crippen molar-refractivity contribution in [1.29, 1.82) is 0 Å². The molecule has 0 unspecified atom stereocenters. The van der Waals surface area contributed by atoms with Crippen LogP contribution >= 0.6 is 15.9 Å². The normalized spacial score (nSPS) is 10.6. The molecule has 1 N–H and O–H groups in total. The molecule has 116 valence electrons. The van der Waals surface area contributed by atoms with Gasteiger partial charge in [-0.2, -0.15) is 0 Å². The summed E-state index contributed by atoms with van der Waals surface area (Å²) >= 11 is 3.39. The predicted molar refractivity (Wildman–Crippen MR) is 91.3 cm³/mol. The number of carbonyl (C=O) groups is 1. The molecule has 3 aromatic rings. The van der Waals surface area contributed by atoms with Gasteiger partial charge in [0.1, 0.15) is 0 Å². The van der Waals surface area contributed by atoms with E-state index in [0.717, 1.165) is 21.2 Å². The van der Waals surface area contributed by atoms with Gasteiger partial charge in [-0.1, -0.05) is 44.3 Å². The fourth-order valence-corrected chi connectivity index (χ4v) is 2.69. The maximum Gasteiger partial charge on any atom is 0.322 e. The Hall–Kier alpha value is -2.47. The molecule has 5 nitrogen and oxygen atoms in total. The van der Waals surface area contributed by atoms with Crippen LogP contribution in [0.4, 0.5) is 6.01 Å². The molecule has 23 heavy (non-hydrogen) atoms. The van der Waals surface area contributed by atoms with Crippen molar-refractivity contribution < 1.29 is 9.21 Å². The van der Waals surface area contributed by atoms with Gasteiger partial charge in [-0.25, -0.2) is 0 Å². The first-order valence-corrected chi connectivity index (χ1v) is 7.79.